The van der Waals surface area contributed by atoms with Crippen molar-refractivity contribution in [2.24, 2.45) is 5.84 Å². The van der Waals surface area contributed by atoms with Gasteiger partial charge in [-0.05, 0) is 25.3 Å². The van der Waals surface area contributed by atoms with Crippen LogP contribution in [0.3, 0.4) is 0 Å². The molecule has 6 heteroatoms. The van der Waals surface area contributed by atoms with Gasteiger partial charge in [0.15, 0.2) is 0 Å². The lowest BCUT2D eigenvalue weighted by Crippen LogP contribution is -2.41. The van der Waals surface area contributed by atoms with Gasteiger partial charge >= 0.3 is 6.09 Å². The molecule has 1 amide bonds. The maximum absolute atomic E-state index is 11.7. The molecule has 1 aromatic rings. The minimum atomic E-state index is -1.30. The van der Waals surface area contributed by atoms with E-state index in [4.69, 9.17) is 10.9 Å². The predicted molar refractivity (Wildman–Crippen MR) is 74.0 cm³/mol. The summed E-state index contributed by atoms with van der Waals surface area (Å²) in [6.07, 6.45) is -1.43. The highest BCUT2D eigenvalue weighted by molar-refractivity contribution is 5.83. The fourth-order valence-electron chi connectivity index (χ4n) is 2.05. The quantitative estimate of drug-likeness (QED) is 0.397. The zero-order valence-electron chi connectivity index (χ0n) is 11.4. The summed E-state index contributed by atoms with van der Waals surface area (Å²) < 4.78 is 0. The van der Waals surface area contributed by atoms with Crippen molar-refractivity contribution >= 4 is 11.9 Å². The summed E-state index contributed by atoms with van der Waals surface area (Å²) in [6.45, 7) is 1.34. The maximum Gasteiger partial charge on any atom is 0.421 e. The molecule has 1 rings (SSSR count). The third kappa shape index (κ3) is 4.99. The molecule has 0 aliphatic carbocycles. The van der Waals surface area contributed by atoms with E-state index in [1.54, 1.807) is 0 Å². The summed E-state index contributed by atoms with van der Waals surface area (Å²) in [5.74, 6) is 4.93. The minimum absolute atomic E-state index is 0.0197. The first-order chi connectivity index (χ1) is 9.41. The Morgan fingerprint density at radius 2 is 1.85 bits per heavy atom. The van der Waals surface area contributed by atoms with Crippen LogP contribution in [0, 0.1) is 0 Å². The van der Waals surface area contributed by atoms with E-state index in [-0.39, 0.29) is 18.2 Å². The average Bonchev–Trinajstić information content (AvgIpc) is 2.39. The molecule has 0 fully saturated rings. The second-order valence-corrected chi connectivity index (χ2v) is 4.74. The summed E-state index contributed by atoms with van der Waals surface area (Å²) in [4.78, 5) is 22.2. The number of carbonyl (C=O) groups is 2. The molecule has 4 N–H and O–H groups in total. The number of benzene rings is 1. The third-order valence-electron chi connectivity index (χ3n) is 3.13. The SMILES string of the molecule is CC(=O)C(CCC(O)CN(N)C(=O)O)c1ccccc1. The fourth-order valence-corrected chi connectivity index (χ4v) is 2.05. The number of carboxylic acid groups (broad SMARTS) is 1. The number of amides is 1. The van der Waals surface area contributed by atoms with Gasteiger partial charge in [-0.2, -0.15) is 0 Å². The van der Waals surface area contributed by atoms with Gasteiger partial charge in [0.25, 0.3) is 0 Å². The van der Waals surface area contributed by atoms with E-state index in [2.05, 4.69) is 0 Å². The van der Waals surface area contributed by atoms with Gasteiger partial charge in [-0.25, -0.2) is 15.6 Å². The van der Waals surface area contributed by atoms with Gasteiger partial charge in [0.05, 0.1) is 12.6 Å². The van der Waals surface area contributed by atoms with Crippen LogP contribution in [-0.2, 0) is 4.79 Å². The minimum Gasteiger partial charge on any atom is -0.464 e. The molecule has 0 aromatic heterocycles. The zero-order chi connectivity index (χ0) is 15.1. The third-order valence-corrected chi connectivity index (χ3v) is 3.13. The maximum atomic E-state index is 11.7. The number of aliphatic hydroxyl groups is 1. The van der Waals surface area contributed by atoms with Crippen LogP contribution in [-0.4, -0.2) is 39.7 Å². The molecule has 0 radical (unpaired) electrons. The standard InChI is InChI=1S/C14H20N2O4/c1-10(17)13(11-5-3-2-4-6-11)8-7-12(18)9-16(15)14(19)20/h2-6,12-13,18H,7-9,15H2,1H3,(H,19,20). The lowest BCUT2D eigenvalue weighted by Gasteiger charge is -2.19. The van der Waals surface area contributed by atoms with Gasteiger partial charge in [0, 0.05) is 5.92 Å². The van der Waals surface area contributed by atoms with Crippen LogP contribution in [0.25, 0.3) is 0 Å². The van der Waals surface area contributed by atoms with Crippen molar-refractivity contribution in [3.05, 3.63) is 35.9 Å². The first-order valence-electron chi connectivity index (χ1n) is 6.40. The number of hydrogen-bond acceptors (Lipinski definition) is 4. The van der Waals surface area contributed by atoms with Crippen LogP contribution in [0.1, 0.15) is 31.2 Å². The summed E-state index contributed by atoms with van der Waals surface area (Å²) in [5, 5.41) is 18.9. The Kier molecular flexibility index (Phi) is 6.14. The first kappa shape index (κ1) is 16.1. The van der Waals surface area contributed by atoms with E-state index in [1.165, 1.54) is 6.92 Å². The Balaban J connectivity index is 2.56. The molecular formula is C14H20N2O4. The molecular weight excluding hydrogens is 260 g/mol. The Morgan fingerprint density at radius 3 is 2.35 bits per heavy atom. The number of Topliss-reactive ketones (excluding diaryl/α,β-unsaturated/α-hetero) is 1. The molecule has 0 saturated heterocycles. The second kappa shape index (κ2) is 7.62. The molecule has 0 heterocycles. The topological polar surface area (TPSA) is 104 Å². The summed E-state index contributed by atoms with van der Waals surface area (Å²) >= 11 is 0. The van der Waals surface area contributed by atoms with Crippen molar-refractivity contribution < 1.29 is 19.8 Å². The van der Waals surface area contributed by atoms with Crippen molar-refractivity contribution in [3.8, 4) is 0 Å². The Morgan fingerprint density at radius 1 is 1.25 bits per heavy atom. The van der Waals surface area contributed by atoms with Crippen molar-refractivity contribution in [1.82, 2.24) is 5.01 Å². The number of rotatable bonds is 7. The van der Waals surface area contributed by atoms with Crippen molar-refractivity contribution in [3.63, 3.8) is 0 Å². The zero-order valence-corrected chi connectivity index (χ0v) is 11.4. The van der Waals surface area contributed by atoms with Gasteiger partial charge in [0.1, 0.15) is 5.78 Å². The summed E-state index contributed by atoms with van der Waals surface area (Å²) in [7, 11) is 0. The van der Waals surface area contributed by atoms with Crippen LogP contribution in [0.15, 0.2) is 30.3 Å². The molecule has 0 bridgehead atoms. The monoisotopic (exact) mass is 280 g/mol. The summed E-state index contributed by atoms with van der Waals surface area (Å²) in [5.41, 5.74) is 0.898. The Bertz CT molecular complexity index is 450. The van der Waals surface area contributed by atoms with E-state index in [0.29, 0.717) is 17.9 Å². The fraction of sp³-hybridized carbons (Fsp3) is 0.429. The Labute approximate surface area is 117 Å². The van der Waals surface area contributed by atoms with Crippen LogP contribution < -0.4 is 5.84 Å². The molecule has 0 spiro atoms. The van der Waals surface area contributed by atoms with Crippen LogP contribution in [0.5, 0.6) is 0 Å². The number of ketones is 1. The van der Waals surface area contributed by atoms with Crippen LogP contribution in [0.2, 0.25) is 0 Å². The molecule has 110 valence electrons. The lowest BCUT2D eigenvalue weighted by molar-refractivity contribution is -0.118. The molecule has 0 aliphatic heterocycles. The molecule has 20 heavy (non-hydrogen) atoms. The van der Waals surface area contributed by atoms with Gasteiger partial charge in [-0.15, -0.1) is 0 Å². The second-order valence-electron chi connectivity index (χ2n) is 4.74. The highest BCUT2D eigenvalue weighted by atomic mass is 16.4. The number of hydrogen-bond donors (Lipinski definition) is 3. The number of carbonyl (C=O) groups excluding carboxylic acids is 1. The van der Waals surface area contributed by atoms with E-state index in [1.807, 2.05) is 30.3 Å². The van der Waals surface area contributed by atoms with Crippen LogP contribution in [0.4, 0.5) is 4.79 Å². The Hall–Kier alpha value is -1.92. The van der Waals surface area contributed by atoms with E-state index < -0.39 is 12.2 Å². The number of hydrazine groups is 1. The number of nitrogens with zero attached hydrogens (tertiary/aromatic N) is 1. The summed E-state index contributed by atoms with van der Waals surface area (Å²) in [6, 6.07) is 9.31. The normalized spacial score (nSPS) is 13.6. The lowest BCUT2D eigenvalue weighted by atomic mass is 9.90. The van der Waals surface area contributed by atoms with Gasteiger partial charge in [-0.3, -0.25) is 4.79 Å². The van der Waals surface area contributed by atoms with E-state index in [0.717, 1.165) is 5.56 Å². The number of nitrogens with two attached hydrogens (primary N) is 1. The number of aliphatic hydroxyl groups excluding tert-OH is 1. The molecule has 1 aromatic carbocycles. The largest absolute Gasteiger partial charge is 0.464 e. The molecule has 2 unspecified atom stereocenters. The average molecular weight is 280 g/mol. The van der Waals surface area contributed by atoms with E-state index >= 15 is 0 Å². The highest BCUT2D eigenvalue weighted by Gasteiger charge is 2.19. The molecule has 0 saturated carbocycles. The van der Waals surface area contributed by atoms with Crippen LogP contribution >= 0.6 is 0 Å². The van der Waals surface area contributed by atoms with Gasteiger partial charge < -0.3 is 10.2 Å². The predicted octanol–water partition coefficient (Wildman–Crippen LogP) is 1.35. The highest BCUT2D eigenvalue weighted by Crippen LogP contribution is 2.23. The smallest absolute Gasteiger partial charge is 0.421 e. The van der Waals surface area contributed by atoms with Crippen molar-refractivity contribution in [1.29, 1.82) is 0 Å². The van der Waals surface area contributed by atoms with Crippen molar-refractivity contribution in [2.75, 3.05) is 6.54 Å². The van der Waals surface area contributed by atoms with Gasteiger partial charge in [0.2, 0.25) is 0 Å². The molecule has 6 nitrogen and oxygen atoms in total. The molecule has 2 atom stereocenters. The van der Waals surface area contributed by atoms with E-state index in [9.17, 15) is 14.7 Å². The van der Waals surface area contributed by atoms with Gasteiger partial charge in [-0.1, -0.05) is 30.3 Å². The molecule has 0 aliphatic rings. The first-order valence-corrected chi connectivity index (χ1v) is 6.40. The van der Waals surface area contributed by atoms with Crippen molar-refractivity contribution in [2.45, 2.75) is 31.8 Å².